The van der Waals surface area contributed by atoms with E-state index < -0.39 is 0 Å². The lowest BCUT2D eigenvalue weighted by Crippen LogP contribution is -2.35. The number of thiazole rings is 1. The van der Waals surface area contributed by atoms with Crippen LogP contribution in [-0.4, -0.2) is 50.5 Å². The van der Waals surface area contributed by atoms with Crippen LogP contribution in [0.3, 0.4) is 0 Å². The van der Waals surface area contributed by atoms with E-state index in [-0.39, 0.29) is 11.9 Å². The number of carbonyl (C=O) groups excluding carboxylic acids is 1. The van der Waals surface area contributed by atoms with Crippen molar-refractivity contribution in [3.63, 3.8) is 0 Å². The quantitative estimate of drug-likeness (QED) is 0.636. The Labute approximate surface area is 177 Å². The van der Waals surface area contributed by atoms with Crippen LogP contribution in [0.2, 0.25) is 0 Å². The van der Waals surface area contributed by atoms with Crippen molar-refractivity contribution in [2.24, 2.45) is 0 Å². The minimum Gasteiger partial charge on any atom is -0.378 e. The smallest absolute Gasteiger partial charge is 0.271 e. The standard InChI is InChI=1S/C23H28N4OS/c1-16-25-21(22(29-16)18-9-7-6-8-10-18)23(28)24-15-20(27(4)5)17-11-13-19(14-12-17)26(2)3/h6-14,20H,15H2,1-5H3,(H,24,28). The first-order valence-corrected chi connectivity index (χ1v) is 10.4. The Bertz CT molecular complexity index is 949. The SMILES string of the molecule is Cc1nc(C(=O)NCC(c2ccc(N(C)C)cc2)N(C)C)c(-c2ccccc2)s1. The van der Waals surface area contributed by atoms with Crippen LogP contribution < -0.4 is 10.2 Å². The summed E-state index contributed by atoms with van der Waals surface area (Å²) >= 11 is 1.55. The summed E-state index contributed by atoms with van der Waals surface area (Å²) in [6.45, 7) is 2.45. The Morgan fingerprint density at radius 2 is 1.69 bits per heavy atom. The Morgan fingerprint density at radius 3 is 2.28 bits per heavy atom. The molecule has 0 aliphatic heterocycles. The molecule has 1 atom stereocenters. The normalized spacial score (nSPS) is 12.1. The monoisotopic (exact) mass is 408 g/mol. The number of hydrogen-bond acceptors (Lipinski definition) is 5. The van der Waals surface area contributed by atoms with Gasteiger partial charge in [0.2, 0.25) is 0 Å². The molecule has 0 radical (unpaired) electrons. The summed E-state index contributed by atoms with van der Waals surface area (Å²) in [5.41, 5.74) is 3.84. The molecule has 5 nitrogen and oxygen atoms in total. The predicted octanol–water partition coefficient (Wildman–Crippen LogP) is 4.22. The third-order valence-electron chi connectivity index (χ3n) is 4.86. The molecule has 29 heavy (non-hydrogen) atoms. The Kier molecular flexibility index (Phi) is 6.67. The van der Waals surface area contributed by atoms with E-state index in [1.807, 2.05) is 65.4 Å². The first-order valence-electron chi connectivity index (χ1n) is 9.61. The molecule has 0 spiro atoms. The number of aromatic nitrogens is 1. The second kappa shape index (κ2) is 9.20. The third-order valence-corrected chi connectivity index (χ3v) is 5.88. The molecule has 152 valence electrons. The maximum atomic E-state index is 13.0. The van der Waals surface area contributed by atoms with Gasteiger partial charge < -0.3 is 15.1 Å². The number of rotatable bonds is 7. The van der Waals surface area contributed by atoms with Gasteiger partial charge in [-0.15, -0.1) is 11.3 Å². The van der Waals surface area contributed by atoms with Crippen LogP contribution in [0.25, 0.3) is 10.4 Å². The van der Waals surface area contributed by atoms with Gasteiger partial charge in [-0.3, -0.25) is 4.79 Å². The Hall–Kier alpha value is -2.70. The van der Waals surface area contributed by atoms with Crippen LogP contribution >= 0.6 is 11.3 Å². The van der Waals surface area contributed by atoms with Crippen molar-refractivity contribution >= 4 is 22.9 Å². The molecule has 2 aromatic carbocycles. The van der Waals surface area contributed by atoms with Gasteiger partial charge in [0.1, 0.15) is 5.69 Å². The molecular weight excluding hydrogens is 380 g/mol. The van der Waals surface area contributed by atoms with Gasteiger partial charge in [-0.1, -0.05) is 42.5 Å². The fourth-order valence-corrected chi connectivity index (χ4v) is 4.15. The number of carbonyl (C=O) groups is 1. The van der Waals surface area contributed by atoms with Crippen LogP contribution in [0.4, 0.5) is 5.69 Å². The zero-order valence-electron chi connectivity index (χ0n) is 17.6. The number of hydrogen-bond donors (Lipinski definition) is 1. The molecule has 3 rings (SSSR count). The van der Waals surface area contributed by atoms with Crippen molar-refractivity contribution in [2.75, 3.05) is 39.6 Å². The highest BCUT2D eigenvalue weighted by Crippen LogP contribution is 2.30. The lowest BCUT2D eigenvalue weighted by Gasteiger charge is -2.25. The van der Waals surface area contributed by atoms with Gasteiger partial charge in [-0.05, 0) is 44.3 Å². The maximum absolute atomic E-state index is 13.0. The number of aryl methyl sites for hydroxylation is 1. The van der Waals surface area contributed by atoms with Gasteiger partial charge in [-0.2, -0.15) is 0 Å². The molecule has 0 bridgehead atoms. The summed E-state index contributed by atoms with van der Waals surface area (Å²) in [4.78, 5) is 22.6. The van der Waals surface area contributed by atoms with Crippen LogP contribution in [0.1, 0.15) is 27.1 Å². The van der Waals surface area contributed by atoms with Crippen LogP contribution in [0.5, 0.6) is 0 Å². The van der Waals surface area contributed by atoms with E-state index in [9.17, 15) is 4.79 Å². The number of anilines is 1. The first-order chi connectivity index (χ1) is 13.9. The highest BCUT2D eigenvalue weighted by atomic mass is 32.1. The van der Waals surface area contributed by atoms with Gasteiger partial charge >= 0.3 is 0 Å². The minimum atomic E-state index is -0.134. The van der Waals surface area contributed by atoms with Crippen molar-refractivity contribution in [3.8, 4) is 10.4 Å². The Morgan fingerprint density at radius 1 is 1.03 bits per heavy atom. The third kappa shape index (κ3) is 5.02. The summed E-state index contributed by atoms with van der Waals surface area (Å²) < 4.78 is 0. The first kappa shape index (κ1) is 21.0. The van der Waals surface area contributed by atoms with Gasteiger partial charge in [0.25, 0.3) is 5.91 Å². The van der Waals surface area contributed by atoms with Gasteiger partial charge in [-0.25, -0.2) is 4.98 Å². The number of likely N-dealkylation sites (N-methyl/N-ethyl adjacent to an activating group) is 1. The minimum absolute atomic E-state index is 0.0788. The molecule has 1 N–H and O–H groups in total. The van der Waals surface area contributed by atoms with E-state index in [2.05, 4.69) is 44.4 Å². The molecule has 3 aromatic rings. The summed E-state index contributed by atoms with van der Waals surface area (Å²) in [6, 6.07) is 18.5. The predicted molar refractivity (Wildman–Crippen MR) is 122 cm³/mol. The highest BCUT2D eigenvalue weighted by molar-refractivity contribution is 7.15. The fourth-order valence-electron chi connectivity index (χ4n) is 3.23. The second-order valence-corrected chi connectivity index (χ2v) is 8.66. The fraction of sp³-hybridized carbons (Fsp3) is 0.304. The van der Waals surface area contributed by atoms with Crippen molar-refractivity contribution in [3.05, 3.63) is 70.9 Å². The van der Waals surface area contributed by atoms with Crippen LogP contribution in [0, 0.1) is 6.92 Å². The lowest BCUT2D eigenvalue weighted by molar-refractivity contribution is 0.0938. The molecule has 1 amide bonds. The average Bonchev–Trinajstić information content (AvgIpc) is 3.10. The van der Waals surface area contributed by atoms with Crippen LogP contribution in [-0.2, 0) is 0 Å². The number of benzene rings is 2. The summed E-state index contributed by atoms with van der Waals surface area (Å²) in [7, 11) is 8.11. The summed E-state index contributed by atoms with van der Waals surface area (Å²) in [6.07, 6.45) is 0. The van der Waals surface area contributed by atoms with E-state index in [0.717, 1.165) is 21.1 Å². The molecule has 0 saturated carbocycles. The Balaban J connectivity index is 1.76. The largest absolute Gasteiger partial charge is 0.378 e. The van der Waals surface area contributed by atoms with Gasteiger partial charge in [0, 0.05) is 26.3 Å². The highest BCUT2D eigenvalue weighted by Gasteiger charge is 2.21. The molecule has 0 saturated heterocycles. The number of nitrogens with one attached hydrogen (secondary N) is 1. The topological polar surface area (TPSA) is 48.5 Å². The average molecular weight is 409 g/mol. The molecular formula is C23H28N4OS. The van der Waals surface area contributed by atoms with E-state index in [1.165, 1.54) is 5.56 Å². The molecule has 1 unspecified atom stereocenters. The molecule has 0 aliphatic carbocycles. The van der Waals surface area contributed by atoms with E-state index in [0.29, 0.717) is 12.2 Å². The maximum Gasteiger partial charge on any atom is 0.271 e. The molecule has 1 heterocycles. The van der Waals surface area contributed by atoms with Crippen molar-refractivity contribution in [1.29, 1.82) is 0 Å². The number of amides is 1. The molecule has 6 heteroatoms. The molecule has 1 aromatic heterocycles. The van der Waals surface area contributed by atoms with E-state index in [1.54, 1.807) is 11.3 Å². The lowest BCUT2D eigenvalue weighted by atomic mass is 10.0. The van der Waals surface area contributed by atoms with Crippen molar-refractivity contribution < 1.29 is 4.79 Å². The zero-order valence-corrected chi connectivity index (χ0v) is 18.5. The van der Waals surface area contributed by atoms with Crippen molar-refractivity contribution in [2.45, 2.75) is 13.0 Å². The zero-order chi connectivity index (χ0) is 21.0. The van der Waals surface area contributed by atoms with E-state index >= 15 is 0 Å². The molecule has 0 fully saturated rings. The number of nitrogens with zero attached hydrogens (tertiary/aromatic N) is 3. The van der Waals surface area contributed by atoms with Crippen molar-refractivity contribution in [1.82, 2.24) is 15.2 Å². The summed E-state index contributed by atoms with van der Waals surface area (Å²) in [5.74, 6) is -0.134. The van der Waals surface area contributed by atoms with Gasteiger partial charge in [0.05, 0.1) is 15.9 Å². The van der Waals surface area contributed by atoms with Gasteiger partial charge in [0.15, 0.2) is 0 Å². The van der Waals surface area contributed by atoms with Crippen LogP contribution in [0.15, 0.2) is 54.6 Å². The second-order valence-electron chi connectivity index (χ2n) is 7.45. The summed E-state index contributed by atoms with van der Waals surface area (Å²) in [5, 5.41) is 3.98. The van der Waals surface area contributed by atoms with E-state index in [4.69, 9.17) is 0 Å². The molecule has 0 aliphatic rings.